The number of anilines is 1. The molecule has 0 saturated heterocycles. The van der Waals surface area contributed by atoms with Gasteiger partial charge in [0.15, 0.2) is 0 Å². The summed E-state index contributed by atoms with van der Waals surface area (Å²) in [5.41, 5.74) is 11.4. The normalized spacial score (nSPS) is 21.7. The highest BCUT2D eigenvalue weighted by Gasteiger charge is 2.32. The van der Waals surface area contributed by atoms with E-state index in [2.05, 4.69) is 63.2 Å². The molecule has 6 heteroatoms. The Kier molecular flexibility index (Phi) is 4.47. The lowest BCUT2D eigenvalue weighted by molar-refractivity contribution is 0.114. The maximum Gasteiger partial charge on any atom is 0.146 e. The van der Waals surface area contributed by atoms with E-state index >= 15 is 0 Å². The standard InChI is InChI=1S/C26H24N4O2/c27-25-24-21(13-30(26(24)29-15-28-25)20-10-16(11-20)14-31)19-7-6-18-8-9-22(32-23(18)12-19)17-4-2-1-3-5-17/h1-9,12-13,15-16,20,22,31H,10-11,14H2,(H2,27,28,29)/t16-,20+,22-/m1/s1. The molecule has 6 rings (SSSR count). The van der Waals surface area contributed by atoms with Gasteiger partial charge in [-0.3, -0.25) is 0 Å². The number of benzene rings is 2. The summed E-state index contributed by atoms with van der Waals surface area (Å²) in [6.07, 6.45) is 9.63. The van der Waals surface area contributed by atoms with Gasteiger partial charge in [-0.15, -0.1) is 0 Å². The minimum atomic E-state index is -0.112. The second-order valence-corrected chi connectivity index (χ2v) is 8.64. The number of aromatic nitrogens is 3. The Morgan fingerprint density at radius 3 is 2.75 bits per heavy atom. The van der Waals surface area contributed by atoms with Crippen molar-refractivity contribution in [3.05, 3.63) is 78.3 Å². The summed E-state index contributed by atoms with van der Waals surface area (Å²) in [5.74, 6) is 1.68. The lowest BCUT2D eigenvalue weighted by Crippen LogP contribution is -2.28. The number of nitrogens with two attached hydrogens (primary N) is 1. The van der Waals surface area contributed by atoms with Crippen LogP contribution >= 0.6 is 0 Å². The van der Waals surface area contributed by atoms with Crippen LogP contribution in [0.5, 0.6) is 5.75 Å². The number of aliphatic hydroxyl groups is 1. The van der Waals surface area contributed by atoms with Crippen molar-refractivity contribution in [3.63, 3.8) is 0 Å². The van der Waals surface area contributed by atoms with E-state index in [1.54, 1.807) is 0 Å². The van der Waals surface area contributed by atoms with Crippen molar-refractivity contribution in [2.45, 2.75) is 25.0 Å². The fourth-order valence-electron chi connectivity index (χ4n) is 4.81. The third-order valence-corrected chi connectivity index (χ3v) is 6.66. The predicted molar refractivity (Wildman–Crippen MR) is 125 cm³/mol. The topological polar surface area (TPSA) is 86.2 Å². The van der Waals surface area contributed by atoms with Crippen LogP contribution in [0, 0.1) is 5.92 Å². The largest absolute Gasteiger partial charge is 0.481 e. The van der Waals surface area contributed by atoms with E-state index in [4.69, 9.17) is 10.5 Å². The van der Waals surface area contributed by atoms with E-state index in [1.165, 1.54) is 6.33 Å². The second kappa shape index (κ2) is 7.50. The molecule has 0 bridgehead atoms. The van der Waals surface area contributed by atoms with E-state index in [0.29, 0.717) is 17.8 Å². The van der Waals surface area contributed by atoms with Gasteiger partial charge < -0.3 is 20.1 Å². The molecule has 1 saturated carbocycles. The first-order chi connectivity index (χ1) is 15.7. The average Bonchev–Trinajstić information content (AvgIpc) is 3.19. The van der Waals surface area contributed by atoms with Crippen LogP contribution in [0.4, 0.5) is 5.82 Å². The van der Waals surface area contributed by atoms with E-state index in [0.717, 1.165) is 51.9 Å². The Hall–Kier alpha value is -3.64. The van der Waals surface area contributed by atoms with Crippen molar-refractivity contribution in [2.24, 2.45) is 5.92 Å². The highest BCUT2D eigenvalue weighted by atomic mass is 16.5. The van der Waals surface area contributed by atoms with E-state index in [9.17, 15) is 5.11 Å². The molecule has 0 unspecified atom stereocenters. The number of fused-ring (bicyclic) bond motifs is 2. The average molecular weight is 425 g/mol. The molecule has 0 spiro atoms. The zero-order valence-electron chi connectivity index (χ0n) is 17.6. The highest BCUT2D eigenvalue weighted by molar-refractivity contribution is 6.01. The van der Waals surface area contributed by atoms with Crippen LogP contribution in [0.3, 0.4) is 0 Å². The molecule has 0 amide bonds. The molecule has 2 aliphatic rings. The molecule has 160 valence electrons. The van der Waals surface area contributed by atoms with Gasteiger partial charge in [-0.2, -0.15) is 0 Å². The third-order valence-electron chi connectivity index (χ3n) is 6.66. The van der Waals surface area contributed by atoms with Crippen molar-refractivity contribution in [1.82, 2.24) is 14.5 Å². The fraction of sp³-hybridized carbons (Fsp3) is 0.231. The smallest absolute Gasteiger partial charge is 0.146 e. The summed E-state index contributed by atoms with van der Waals surface area (Å²) in [4.78, 5) is 8.80. The number of nitrogens with zero attached hydrogens (tertiary/aromatic N) is 3. The molecule has 1 atom stereocenters. The maximum absolute atomic E-state index is 9.43. The molecule has 2 aromatic carbocycles. The molecule has 3 N–H and O–H groups in total. The Balaban J connectivity index is 1.41. The molecule has 32 heavy (non-hydrogen) atoms. The predicted octanol–water partition coefficient (Wildman–Crippen LogP) is 4.77. The number of rotatable bonds is 4. The fourth-order valence-corrected chi connectivity index (χ4v) is 4.81. The van der Waals surface area contributed by atoms with Crippen LogP contribution in [0.2, 0.25) is 0 Å². The summed E-state index contributed by atoms with van der Waals surface area (Å²) in [6, 6.07) is 16.8. The van der Waals surface area contributed by atoms with Crippen LogP contribution in [-0.2, 0) is 0 Å². The zero-order chi connectivity index (χ0) is 21.7. The van der Waals surface area contributed by atoms with Crippen molar-refractivity contribution in [2.75, 3.05) is 12.3 Å². The zero-order valence-corrected chi connectivity index (χ0v) is 17.6. The summed E-state index contributed by atoms with van der Waals surface area (Å²) < 4.78 is 8.55. The van der Waals surface area contributed by atoms with Gasteiger partial charge in [-0.05, 0) is 42.0 Å². The second-order valence-electron chi connectivity index (χ2n) is 8.64. The van der Waals surface area contributed by atoms with Crippen molar-refractivity contribution >= 4 is 22.9 Å². The van der Waals surface area contributed by atoms with Gasteiger partial charge in [-0.25, -0.2) is 9.97 Å². The van der Waals surface area contributed by atoms with Gasteiger partial charge in [-0.1, -0.05) is 48.5 Å². The quantitative estimate of drug-likeness (QED) is 0.493. The lowest BCUT2D eigenvalue weighted by Gasteiger charge is -2.35. The Labute approximate surface area is 186 Å². The minimum absolute atomic E-state index is 0.112. The number of aliphatic hydroxyl groups excluding tert-OH is 1. The molecule has 0 radical (unpaired) electrons. The van der Waals surface area contributed by atoms with Gasteiger partial charge >= 0.3 is 0 Å². The van der Waals surface area contributed by atoms with Crippen LogP contribution in [0.15, 0.2) is 67.1 Å². The molecular formula is C26H24N4O2. The Bertz CT molecular complexity index is 1320. The Morgan fingerprint density at radius 2 is 1.94 bits per heavy atom. The molecule has 2 aromatic heterocycles. The molecule has 1 fully saturated rings. The van der Waals surface area contributed by atoms with Gasteiger partial charge in [0.2, 0.25) is 0 Å². The van der Waals surface area contributed by atoms with E-state index < -0.39 is 0 Å². The molecule has 3 heterocycles. The van der Waals surface area contributed by atoms with Crippen LogP contribution in [0.1, 0.15) is 36.1 Å². The number of ether oxygens (including phenoxy) is 1. The number of hydrogen-bond acceptors (Lipinski definition) is 5. The van der Waals surface area contributed by atoms with Gasteiger partial charge in [0.1, 0.15) is 29.6 Å². The molecule has 6 nitrogen and oxygen atoms in total. The van der Waals surface area contributed by atoms with E-state index in [1.807, 2.05) is 18.2 Å². The first kappa shape index (κ1) is 19.1. The monoisotopic (exact) mass is 424 g/mol. The Morgan fingerprint density at radius 1 is 1.09 bits per heavy atom. The highest BCUT2D eigenvalue weighted by Crippen LogP contribution is 2.44. The summed E-state index contributed by atoms with van der Waals surface area (Å²) in [7, 11) is 0. The summed E-state index contributed by atoms with van der Waals surface area (Å²) in [6.45, 7) is 0.234. The van der Waals surface area contributed by atoms with Gasteiger partial charge in [0, 0.05) is 30.0 Å². The van der Waals surface area contributed by atoms with Crippen LogP contribution < -0.4 is 10.5 Å². The molecule has 1 aliphatic heterocycles. The summed E-state index contributed by atoms with van der Waals surface area (Å²) >= 11 is 0. The SMILES string of the molecule is Nc1ncnc2c1c(-c1ccc3c(c1)O[C@@H](c1ccccc1)C=C3)cn2[C@H]1C[C@@H](CO)C1. The summed E-state index contributed by atoms with van der Waals surface area (Å²) in [5, 5.41) is 10.3. The van der Waals surface area contributed by atoms with Crippen molar-refractivity contribution in [1.29, 1.82) is 0 Å². The van der Waals surface area contributed by atoms with Crippen molar-refractivity contribution < 1.29 is 9.84 Å². The van der Waals surface area contributed by atoms with E-state index in [-0.39, 0.29) is 12.7 Å². The number of nitrogen functional groups attached to an aromatic ring is 1. The number of hydrogen-bond donors (Lipinski definition) is 2. The van der Waals surface area contributed by atoms with Gasteiger partial charge in [0.05, 0.1) is 5.39 Å². The van der Waals surface area contributed by atoms with Crippen LogP contribution in [-0.4, -0.2) is 26.2 Å². The van der Waals surface area contributed by atoms with Crippen LogP contribution in [0.25, 0.3) is 28.2 Å². The minimum Gasteiger partial charge on any atom is -0.481 e. The lowest BCUT2D eigenvalue weighted by atomic mass is 9.81. The van der Waals surface area contributed by atoms with Gasteiger partial charge in [0.25, 0.3) is 0 Å². The molecule has 1 aliphatic carbocycles. The van der Waals surface area contributed by atoms with Crippen molar-refractivity contribution in [3.8, 4) is 16.9 Å². The maximum atomic E-state index is 9.43. The first-order valence-corrected chi connectivity index (χ1v) is 11.0. The third kappa shape index (κ3) is 3.07. The first-order valence-electron chi connectivity index (χ1n) is 11.0. The molecule has 4 aromatic rings. The molecular weight excluding hydrogens is 400 g/mol.